The van der Waals surface area contributed by atoms with Crippen molar-refractivity contribution in [1.29, 1.82) is 0 Å². The Hall–Kier alpha value is -2.20. The number of hydrogen-bond acceptors (Lipinski definition) is 3. The summed E-state index contributed by atoms with van der Waals surface area (Å²) in [6.45, 7) is -0.314. The summed E-state index contributed by atoms with van der Waals surface area (Å²) in [4.78, 5) is 26.3. The third-order valence-corrected chi connectivity index (χ3v) is 2.96. The van der Waals surface area contributed by atoms with E-state index in [0.717, 1.165) is 5.56 Å². The number of aliphatic hydroxyl groups is 1. The first-order valence-corrected chi connectivity index (χ1v) is 5.23. The highest BCUT2D eigenvalue weighted by Gasteiger charge is 2.29. The van der Waals surface area contributed by atoms with Crippen molar-refractivity contribution < 1.29 is 9.90 Å². The van der Waals surface area contributed by atoms with E-state index in [9.17, 15) is 14.7 Å². The van der Waals surface area contributed by atoms with Gasteiger partial charge in [-0.1, -0.05) is 24.3 Å². The third-order valence-electron chi connectivity index (χ3n) is 2.96. The lowest BCUT2D eigenvalue weighted by Gasteiger charge is -2.03. The van der Waals surface area contributed by atoms with Gasteiger partial charge in [0.25, 0.3) is 0 Å². The standard InChI is InChI=1S/C13H9NO3/c15-6-7-5-10(16)14-12-8-3-1-2-4-9(8)13(17)11(7)12/h1-5,15H,6H2,(H,14,16). The van der Waals surface area contributed by atoms with Gasteiger partial charge in [0, 0.05) is 17.2 Å². The fraction of sp³-hybridized carbons (Fsp3) is 0.0769. The Labute approximate surface area is 96.5 Å². The number of ketones is 1. The molecule has 0 aliphatic heterocycles. The number of rotatable bonds is 1. The van der Waals surface area contributed by atoms with Crippen LogP contribution in [-0.2, 0) is 6.61 Å². The summed E-state index contributed by atoms with van der Waals surface area (Å²) in [7, 11) is 0. The van der Waals surface area contributed by atoms with Crippen LogP contribution in [0.2, 0.25) is 0 Å². The van der Waals surface area contributed by atoms with Crippen molar-refractivity contribution in [1.82, 2.24) is 4.98 Å². The maximum atomic E-state index is 12.1. The monoisotopic (exact) mass is 227 g/mol. The molecule has 1 aromatic heterocycles. The largest absolute Gasteiger partial charge is 0.392 e. The number of carbonyl (C=O) groups is 1. The molecule has 0 atom stereocenters. The van der Waals surface area contributed by atoms with E-state index in [4.69, 9.17) is 0 Å². The summed E-state index contributed by atoms with van der Waals surface area (Å²) in [5, 5.41) is 9.22. The predicted octanol–water partition coefficient (Wildman–Crippen LogP) is 1.08. The maximum absolute atomic E-state index is 12.1. The minimum Gasteiger partial charge on any atom is -0.392 e. The molecule has 4 nitrogen and oxygen atoms in total. The van der Waals surface area contributed by atoms with E-state index in [-0.39, 0.29) is 17.9 Å². The summed E-state index contributed by atoms with van der Waals surface area (Å²) in [5.41, 5.74) is 2.29. The molecule has 0 unspecified atom stereocenters. The fourth-order valence-electron chi connectivity index (χ4n) is 2.23. The van der Waals surface area contributed by atoms with Crippen LogP contribution >= 0.6 is 0 Å². The van der Waals surface area contributed by atoms with Crippen LogP contribution in [0.15, 0.2) is 35.1 Å². The smallest absolute Gasteiger partial charge is 0.248 e. The van der Waals surface area contributed by atoms with E-state index < -0.39 is 0 Å². The molecular formula is C13H9NO3. The van der Waals surface area contributed by atoms with Gasteiger partial charge in [-0.05, 0) is 5.56 Å². The third kappa shape index (κ3) is 1.28. The minimum absolute atomic E-state index is 0.143. The first-order chi connectivity index (χ1) is 8.22. The Balaban J connectivity index is 2.43. The molecule has 1 aliphatic carbocycles. The van der Waals surface area contributed by atoms with Crippen LogP contribution in [0.4, 0.5) is 0 Å². The van der Waals surface area contributed by atoms with Gasteiger partial charge < -0.3 is 10.1 Å². The number of aromatic nitrogens is 1. The summed E-state index contributed by atoms with van der Waals surface area (Å²) < 4.78 is 0. The van der Waals surface area contributed by atoms with Crippen molar-refractivity contribution in [3.8, 4) is 11.3 Å². The quantitative estimate of drug-likeness (QED) is 0.653. The Morgan fingerprint density at radius 1 is 1.12 bits per heavy atom. The second-order valence-electron chi connectivity index (χ2n) is 3.94. The van der Waals surface area contributed by atoms with Crippen molar-refractivity contribution in [2.75, 3.05) is 0 Å². The molecule has 3 rings (SSSR count). The van der Waals surface area contributed by atoms with Crippen LogP contribution in [0.3, 0.4) is 0 Å². The Bertz CT molecular complexity index is 685. The Kier molecular flexibility index (Phi) is 2.00. The molecule has 0 saturated heterocycles. The molecule has 1 aromatic carbocycles. The summed E-state index contributed by atoms with van der Waals surface area (Å²) >= 11 is 0. The van der Waals surface area contributed by atoms with Gasteiger partial charge >= 0.3 is 0 Å². The zero-order valence-corrected chi connectivity index (χ0v) is 8.86. The number of aromatic amines is 1. The highest BCUT2D eigenvalue weighted by molar-refractivity contribution is 6.21. The van der Waals surface area contributed by atoms with E-state index in [2.05, 4.69) is 4.98 Å². The molecule has 0 amide bonds. The Morgan fingerprint density at radius 2 is 1.82 bits per heavy atom. The van der Waals surface area contributed by atoms with Crippen LogP contribution in [0.1, 0.15) is 21.5 Å². The molecule has 0 spiro atoms. The lowest BCUT2D eigenvalue weighted by atomic mass is 10.1. The molecule has 0 saturated carbocycles. The van der Waals surface area contributed by atoms with Gasteiger partial charge in [0.15, 0.2) is 5.78 Å². The van der Waals surface area contributed by atoms with Crippen molar-refractivity contribution in [3.05, 3.63) is 57.4 Å². The van der Waals surface area contributed by atoms with Crippen molar-refractivity contribution in [3.63, 3.8) is 0 Å². The van der Waals surface area contributed by atoms with Crippen LogP contribution in [0.25, 0.3) is 11.3 Å². The molecule has 2 aromatic rings. The second kappa shape index (κ2) is 3.40. The first kappa shape index (κ1) is 9.99. The summed E-state index contributed by atoms with van der Waals surface area (Å²) in [6.07, 6.45) is 0. The highest BCUT2D eigenvalue weighted by Crippen LogP contribution is 2.35. The number of nitrogens with one attached hydrogen (secondary N) is 1. The molecule has 84 valence electrons. The van der Waals surface area contributed by atoms with E-state index in [1.807, 2.05) is 6.07 Å². The van der Waals surface area contributed by atoms with Gasteiger partial charge in [-0.3, -0.25) is 9.59 Å². The summed E-state index contributed by atoms with van der Waals surface area (Å²) in [6, 6.07) is 8.36. The van der Waals surface area contributed by atoms with Crippen molar-refractivity contribution in [2.24, 2.45) is 0 Å². The lowest BCUT2D eigenvalue weighted by Crippen LogP contribution is -2.11. The van der Waals surface area contributed by atoms with Crippen LogP contribution in [0.5, 0.6) is 0 Å². The summed E-state index contributed by atoms with van der Waals surface area (Å²) in [5.74, 6) is -0.143. The molecule has 1 heterocycles. The van der Waals surface area contributed by atoms with Gasteiger partial charge in [-0.2, -0.15) is 0 Å². The zero-order chi connectivity index (χ0) is 12.0. The van der Waals surface area contributed by atoms with Crippen molar-refractivity contribution >= 4 is 5.78 Å². The highest BCUT2D eigenvalue weighted by atomic mass is 16.3. The van der Waals surface area contributed by atoms with Gasteiger partial charge in [0.05, 0.1) is 17.9 Å². The number of hydrogen-bond donors (Lipinski definition) is 2. The number of pyridine rings is 1. The molecule has 4 heteroatoms. The number of fused-ring (bicyclic) bond motifs is 3. The van der Waals surface area contributed by atoms with Crippen LogP contribution in [0, 0.1) is 0 Å². The van der Waals surface area contributed by atoms with Gasteiger partial charge in [0.1, 0.15) is 0 Å². The van der Waals surface area contributed by atoms with Crippen LogP contribution < -0.4 is 5.56 Å². The maximum Gasteiger partial charge on any atom is 0.248 e. The van der Waals surface area contributed by atoms with E-state index in [1.165, 1.54) is 6.07 Å². The van der Waals surface area contributed by atoms with E-state index in [0.29, 0.717) is 22.4 Å². The SMILES string of the molecule is O=C1c2ccccc2-c2[nH]c(=O)cc(CO)c21. The predicted molar refractivity (Wildman–Crippen MR) is 61.9 cm³/mol. The van der Waals surface area contributed by atoms with Gasteiger partial charge in [-0.25, -0.2) is 0 Å². The Morgan fingerprint density at radius 3 is 2.53 bits per heavy atom. The van der Waals surface area contributed by atoms with Crippen LogP contribution in [-0.4, -0.2) is 15.9 Å². The average Bonchev–Trinajstić information content (AvgIpc) is 2.63. The van der Waals surface area contributed by atoms with E-state index >= 15 is 0 Å². The number of benzene rings is 1. The van der Waals surface area contributed by atoms with Crippen molar-refractivity contribution in [2.45, 2.75) is 6.61 Å². The number of carbonyl (C=O) groups excluding carboxylic acids is 1. The molecule has 0 radical (unpaired) electrons. The van der Waals surface area contributed by atoms with Gasteiger partial charge in [-0.15, -0.1) is 0 Å². The molecular weight excluding hydrogens is 218 g/mol. The lowest BCUT2D eigenvalue weighted by molar-refractivity contribution is 0.104. The number of H-pyrrole nitrogens is 1. The molecule has 2 N–H and O–H groups in total. The molecule has 0 bridgehead atoms. The second-order valence-corrected chi connectivity index (χ2v) is 3.94. The minimum atomic E-state index is -0.314. The molecule has 17 heavy (non-hydrogen) atoms. The number of aliphatic hydroxyl groups excluding tert-OH is 1. The average molecular weight is 227 g/mol. The zero-order valence-electron chi connectivity index (χ0n) is 8.86. The van der Waals surface area contributed by atoms with E-state index in [1.54, 1.807) is 18.2 Å². The molecule has 0 fully saturated rings. The molecule has 1 aliphatic rings. The van der Waals surface area contributed by atoms with Gasteiger partial charge in [0.2, 0.25) is 5.56 Å². The fourth-order valence-corrected chi connectivity index (χ4v) is 2.23. The normalized spacial score (nSPS) is 12.4. The first-order valence-electron chi connectivity index (χ1n) is 5.23. The topological polar surface area (TPSA) is 70.2 Å².